The van der Waals surface area contributed by atoms with Gasteiger partial charge in [-0.2, -0.15) is 0 Å². The fourth-order valence-electron chi connectivity index (χ4n) is 4.28. The van der Waals surface area contributed by atoms with Gasteiger partial charge in [0.25, 0.3) is 0 Å². The molecule has 2 atom stereocenters. The Hall–Kier alpha value is -1.20. The Labute approximate surface area is 159 Å². The zero-order valence-corrected chi connectivity index (χ0v) is 17.0. The summed E-state index contributed by atoms with van der Waals surface area (Å²) in [5.74, 6) is 0.208. The van der Waals surface area contributed by atoms with Crippen molar-refractivity contribution < 1.29 is 9.59 Å². The molecule has 148 valence electrons. The molecular formula is C21H37N3O2. The highest BCUT2D eigenvalue weighted by molar-refractivity contribution is 5.84. The average Bonchev–Trinajstić information content (AvgIpc) is 2.67. The quantitative estimate of drug-likeness (QED) is 0.617. The third kappa shape index (κ3) is 5.40. The van der Waals surface area contributed by atoms with E-state index in [-0.39, 0.29) is 17.7 Å². The predicted octanol–water partition coefficient (Wildman–Crippen LogP) is 2.66. The van der Waals surface area contributed by atoms with Gasteiger partial charge < -0.3 is 15.5 Å². The minimum Gasteiger partial charge on any atom is -0.385 e. The van der Waals surface area contributed by atoms with Crippen molar-refractivity contribution >= 4 is 12.1 Å². The van der Waals surface area contributed by atoms with Crippen LogP contribution in [0.25, 0.3) is 0 Å². The summed E-state index contributed by atoms with van der Waals surface area (Å²) < 4.78 is 0. The lowest BCUT2D eigenvalue weighted by Gasteiger charge is -2.36. The summed E-state index contributed by atoms with van der Waals surface area (Å²) in [6, 6.07) is 1.37. The van der Waals surface area contributed by atoms with E-state index in [4.69, 9.17) is 0 Å². The molecule has 5 nitrogen and oxygen atoms in total. The average molecular weight is 364 g/mol. The Bertz CT molecular complexity index is 507. The smallest absolute Gasteiger partial charge is 0.147 e. The summed E-state index contributed by atoms with van der Waals surface area (Å²) in [6.45, 7) is 11.7. The molecule has 0 bridgehead atoms. The van der Waals surface area contributed by atoms with Crippen molar-refractivity contribution in [3.8, 4) is 0 Å². The Balaban J connectivity index is 1.86. The van der Waals surface area contributed by atoms with Crippen LogP contribution in [0, 0.1) is 5.92 Å². The topological polar surface area (TPSA) is 61.4 Å². The molecule has 5 heteroatoms. The lowest BCUT2D eigenvalue weighted by atomic mass is 9.82. The molecule has 0 spiro atoms. The zero-order chi connectivity index (χ0) is 19.1. The van der Waals surface area contributed by atoms with E-state index < -0.39 is 0 Å². The van der Waals surface area contributed by atoms with Gasteiger partial charge in [-0.1, -0.05) is 13.8 Å². The summed E-state index contributed by atoms with van der Waals surface area (Å²) in [5.41, 5.74) is 1.83. The van der Waals surface area contributed by atoms with Crippen LogP contribution in [-0.4, -0.2) is 54.7 Å². The Morgan fingerprint density at radius 2 is 2.00 bits per heavy atom. The Kier molecular flexibility index (Phi) is 8.29. The van der Waals surface area contributed by atoms with Crippen molar-refractivity contribution in [3.05, 3.63) is 11.3 Å². The monoisotopic (exact) mass is 363 g/mol. The molecule has 0 aromatic rings. The lowest BCUT2D eigenvalue weighted by molar-refractivity contribution is -0.123. The van der Waals surface area contributed by atoms with Gasteiger partial charge in [0.05, 0.1) is 0 Å². The molecule has 2 N–H and O–H groups in total. The number of allylic oxidation sites excluding steroid dienone is 1. The Morgan fingerprint density at radius 1 is 1.31 bits per heavy atom. The minimum absolute atomic E-state index is 0.0535. The normalized spacial score (nSPS) is 25.4. The van der Waals surface area contributed by atoms with Crippen LogP contribution < -0.4 is 10.6 Å². The maximum Gasteiger partial charge on any atom is 0.147 e. The van der Waals surface area contributed by atoms with Crippen LogP contribution in [0.4, 0.5) is 0 Å². The SMILES string of the molecule is CCC(=O)[C@H]1CC(C=O)=C(CCNC2CCN(C(C)C)CC2)N[C@H]1CC. The molecule has 1 fully saturated rings. The molecule has 2 heterocycles. The molecule has 26 heavy (non-hydrogen) atoms. The van der Waals surface area contributed by atoms with Crippen LogP contribution in [0.2, 0.25) is 0 Å². The van der Waals surface area contributed by atoms with Gasteiger partial charge in [-0.3, -0.25) is 9.59 Å². The van der Waals surface area contributed by atoms with E-state index in [2.05, 4.69) is 36.3 Å². The largest absolute Gasteiger partial charge is 0.385 e. The van der Waals surface area contributed by atoms with Crippen LogP contribution in [0.15, 0.2) is 11.3 Å². The predicted molar refractivity (Wildman–Crippen MR) is 106 cm³/mol. The van der Waals surface area contributed by atoms with Crippen molar-refractivity contribution in [2.75, 3.05) is 19.6 Å². The number of carbonyl (C=O) groups is 2. The second-order valence-electron chi connectivity index (χ2n) is 8.02. The number of carbonyl (C=O) groups excluding carboxylic acids is 2. The highest BCUT2D eigenvalue weighted by Gasteiger charge is 2.32. The van der Waals surface area contributed by atoms with Crippen LogP contribution in [0.3, 0.4) is 0 Å². The summed E-state index contributed by atoms with van der Waals surface area (Å²) in [6.07, 6.45) is 6.22. The number of nitrogens with one attached hydrogen (secondary N) is 2. The molecule has 0 aliphatic carbocycles. The first-order valence-electron chi connectivity index (χ1n) is 10.4. The molecule has 2 rings (SSSR count). The number of piperidine rings is 1. The zero-order valence-electron chi connectivity index (χ0n) is 17.0. The summed E-state index contributed by atoms with van der Waals surface area (Å²) in [7, 11) is 0. The minimum atomic E-state index is -0.0535. The van der Waals surface area contributed by atoms with Crippen LogP contribution in [0.1, 0.15) is 66.2 Å². The number of aldehydes is 1. The fourth-order valence-corrected chi connectivity index (χ4v) is 4.28. The van der Waals surface area contributed by atoms with E-state index in [1.54, 1.807) is 0 Å². The molecular weight excluding hydrogens is 326 g/mol. The molecule has 2 aliphatic heterocycles. The number of rotatable bonds is 9. The molecule has 0 radical (unpaired) electrons. The Morgan fingerprint density at radius 3 is 2.54 bits per heavy atom. The van der Waals surface area contributed by atoms with Gasteiger partial charge in [-0.25, -0.2) is 0 Å². The molecule has 0 aromatic heterocycles. The molecule has 1 saturated heterocycles. The van der Waals surface area contributed by atoms with E-state index in [0.717, 1.165) is 50.0 Å². The first-order chi connectivity index (χ1) is 12.5. The van der Waals surface area contributed by atoms with Gasteiger partial charge in [0.1, 0.15) is 12.1 Å². The number of hydrogen-bond acceptors (Lipinski definition) is 5. The maximum absolute atomic E-state index is 12.2. The number of Topliss-reactive ketones (excluding diaryl/α,β-unsaturated/α-hetero) is 1. The van der Waals surface area contributed by atoms with Gasteiger partial charge in [0.2, 0.25) is 0 Å². The first kappa shape index (κ1) is 21.1. The maximum atomic E-state index is 12.2. The van der Waals surface area contributed by atoms with Crippen LogP contribution >= 0.6 is 0 Å². The van der Waals surface area contributed by atoms with Gasteiger partial charge in [0.15, 0.2) is 0 Å². The van der Waals surface area contributed by atoms with Crippen molar-refractivity contribution in [3.63, 3.8) is 0 Å². The number of hydrogen-bond donors (Lipinski definition) is 2. The van der Waals surface area contributed by atoms with Crippen LogP contribution in [-0.2, 0) is 9.59 Å². The van der Waals surface area contributed by atoms with E-state index in [0.29, 0.717) is 24.9 Å². The van der Waals surface area contributed by atoms with E-state index >= 15 is 0 Å². The number of ketones is 1. The highest BCUT2D eigenvalue weighted by Crippen LogP contribution is 2.27. The van der Waals surface area contributed by atoms with Crippen molar-refractivity contribution in [2.45, 2.75) is 84.3 Å². The highest BCUT2D eigenvalue weighted by atomic mass is 16.1. The van der Waals surface area contributed by atoms with Crippen molar-refractivity contribution in [2.24, 2.45) is 5.92 Å². The molecule has 0 amide bonds. The first-order valence-corrected chi connectivity index (χ1v) is 10.4. The lowest BCUT2D eigenvalue weighted by Crippen LogP contribution is -2.46. The van der Waals surface area contributed by atoms with E-state index in [1.807, 2.05) is 6.92 Å². The second kappa shape index (κ2) is 10.2. The molecule has 0 saturated carbocycles. The third-order valence-corrected chi connectivity index (χ3v) is 6.08. The number of likely N-dealkylation sites (tertiary alicyclic amines) is 1. The molecule has 0 unspecified atom stereocenters. The van der Waals surface area contributed by atoms with Crippen molar-refractivity contribution in [1.29, 1.82) is 0 Å². The summed E-state index contributed by atoms with van der Waals surface area (Å²) in [5, 5.41) is 7.18. The van der Waals surface area contributed by atoms with Gasteiger partial charge in [-0.05, 0) is 52.6 Å². The van der Waals surface area contributed by atoms with Gasteiger partial charge in [0, 0.05) is 54.7 Å². The van der Waals surface area contributed by atoms with Gasteiger partial charge in [-0.15, -0.1) is 0 Å². The van der Waals surface area contributed by atoms with Gasteiger partial charge >= 0.3 is 0 Å². The molecule has 0 aromatic carbocycles. The fraction of sp³-hybridized carbons (Fsp3) is 0.810. The van der Waals surface area contributed by atoms with Crippen LogP contribution in [0.5, 0.6) is 0 Å². The van der Waals surface area contributed by atoms with Crippen molar-refractivity contribution in [1.82, 2.24) is 15.5 Å². The number of nitrogens with zero attached hydrogens (tertiary/aromatic N) is 1. The van der Waals surface area contributed by atoms with E-state index in [9.17, 15) is 9.59 Å². The molecule has 2 aliphatic rings. The van der Waals surface area contributed by atoms with E-state index in [1.165, 1.54) is 12.8 Å². The summed E-state index contributed by atoms with van der Waals surface area (Å²) >= 11 is 0. The second-order valence-corrected chi connectivity index (χ2v) is 8.02. The standard InChI is InChI=1S/C21H37N3O2/c1-5-19-18(21(26)6-2)13-16(14-25)20(23-19)7-10-22-17-8-11-24(12-9-17)15(3)4/h14-15,17-19,22-23H,5-13H2,1-4H3/t18-,19-/m0/s1. The summed E-state index contributed by atoms with van der Waals surface area (Å²) in [4.78, 5) is 26.3. The third-order valence-electron chi connectivity index (χ3n) is 6.08.